The molecule has 0 heterocycles. The van der Waals surface area contributed by atoms with Gasteiger partial charge >= 0.3 is 0 Å². The summed E-state index contributed by atoms with van der Waals surface area (Å²) in [5, 5.41) is 1.54. The van der Waals surface area contributed by atoms with Crippen molar-refractivity contribution in [1.29, 1.82) is 0 Å². The third-order valence-corrected chi connectivity index (χ3v) is 6.52. The molecule has 3 aliphatic rings. The van der Waals surface area contributed by atoms with E-state index in [4.69, 9.17) is 29.0 Å². The van der Waals surface area contributed by atoms with Gasteiger partial charge in [0.05, 0.1) is 0 Å². The second-order valence-corrected chi connectivity index (χ2v) is 7.62. The molecule has 1 aromatic carbocycles. The minimum absolute atomic E-state index is 0.337. The van der Waals surface area contributed by atoms with Gasteiger partial charge in [-0.25, -0.2) is 0 Å². The molecule has 3 aliphatic carbocycles. The van der Waals surface area contributed by atoms with Gasteiger partial charge in [-0.15, -0.1) is 0 Å². The summed E-state index contributed by atoms with van der Waals surface area (Å²) in [6.07, 6.45) is 5.24. The lowest BCUT2D eigenvalue weighted by Gasteiger charge is -2.20. The van der Waals surface area contributed by atoms with Gasteiger partial charge in [0.1, 0.15) is 0 Å². The van der Waals surface area contributed by atoms with Crippen LogP contribution in [0.1, 0.15) is 24.8 Å². The minimum Gasteiger partial charge on any atom is -0.271 e. The van der Waals surface area contributed by atoms with Gasteiger partial charge in [-0.05, 0) is 79.0 Å². The SMILES string of the molecule is NNC(Cc1cc(Cl)ccc1Cl)C1C2C3CCC(C3)C21. The van der Waals surface area contributed by atoms with Crippen molar-refractivity contribution in [3.05, 3.63) is 33.8 Å². The largest absolute Gasteiger partial charge is 0.271 e. The van der Waals surface area contributed by atoms with Crippen molar-refractivity contribution in [1.82, 2.24) is 5.43 Å². The Morgan fingerprint density at radius 2 is 1.90 bits per heavy atom. The number of hydrogen-bond acceptors (Lipinski definition) is 2. The van der Waals surface area contributed by atoms with Crippen LogP contribution < -0.4 is 11.3 Å². The first-order chi connectivity index (χ1) is 9.69. The molecule has 20 heavy (non-hydrogen) atoms. The zero-order valence-electron chi connectivity index (χ0n) is 11.4. The average molecular weight is 311 g/mol. The number of halogens is 2. The second kappa shape index (κ2) is 4.88. The highest BCUT2D eigenvalue weighted by atomic mass is 35.5. The lowest BCUT2D eigenvalue weighted by Crippen LogP contribution is -2.40. The Morgan fingerprint density at radius 3 is 2.55 bits per heavy atom. The minimum atomic E-state index is 0.337. The van der Waals surface area contributed by atoms with Crippen molar-refractivity contribution in [3.63, 3.8) is 0 Å². The predicted octanol–water partition coefficient (Wildman–Crippen LogP) is 3.66. The summed E-state index contributed by atoms with van der Waals surface area (Å²) in [6.45, 7) is 0. The van der Waals surface area contributed by atoms with Crippen molar-refractivity contribution in [2.24, 2.45) is 35.4 Å². The van der Waals surface area contributed by atoms with Crippen molar-refractivity contribution >= 4 is 23.2 Å². The first-order valence-corrected chi connectivity index (χ1v) is 8.34. The van der Waals surface area contributed by atoms with E-state index in [1.165, 1.54) is 19.3 Å². The molecular weight excluding hydrogens is 291 g/mol. The van der Waals surface area contributed by atoms with E-state index >= 15 is 0 Å². The van der Waals surface area contributed by atoms with E-state index < -0.39 is 0 Å². The second-order valence-electron chi connectivity index (χ2n) is 6.78. The van der Waals surface area contributed by atoms with Crippen molar-refractivity contribution in [3.8, 4) is 0 Å². The van der Waals surface area contributed by atoms with Gasteiger partial charge in [-0.2, -0.15) is 0 Å². The van der Waals surface area contributed by atoms with Crippen LogP contribution in [-0.2, 0) is 6.42 Å². The molecule has 3 N–H and O–H groups in total. The highest BCUT2D eigenvalue weighted by Crippen LogP contribution is 2.70. The van der Waals surface area contributed by atoms with E-state index in [0.29, 0.717) is 6.04 Å². The number of nitrogens with two attached hydrogens (primary N) is 1. The number of fused-ring (bicyclic) bond motifs is 5. The van der Waals surface area contributed by atoms with E-state index in [2.05, 4.69) is 5.43 Å². The molecule has 2 bridgehead atoms. The smallest absolute Gasteiger partial charge is 0.0439 e. The Kier molecular flexibility index (Phi) is 3.26. The van der Waals surface area contributed by atoms with E-state index in [9.17, 15) is 0 Å². The standard InChI is InChI=1S/C16H20Cl2N2/c17-11-3-4-12(18)10(6-11)7-13(20-19)16-14-8-1-2-9(5-8)15(14)16/h3-4,6,8-9,13-16,20H,1-2,5,7,19H2. The molecular formula is C16H20Cl2N2. The van der Waals surface area contributed by atoms with Gasteiger partial charge < -0.3 is 0 Å². The molecule has 4 rings (SSSR count). The first-order valence-electron chi connectivity index (χ1n) is 7.59. The highest BCUT2D eigenvalue weighted by molar-refractivity contribution is 6.33. The van der Waals surface area contributed by atoms with Crippen LogP contribution in [0.15, 0.2) is 18.2 Å². The molecule has 0 radical (unpaired) electrons. The summed E-state index contributed by atoms with van der Waals surface area (Å²) in [4.78, 5) is 0. The lowest BCUT2D eigenvalue weighted by molar-refractivity contribution is 0.365. The normalized spacial score (nSPS) is 38.9. The fourth-order valence-electron chi connectivity index (χ4n) is 5.17. The van der Waals surface area contributed by atoms with Gasteiger partial charge in [0, 0.05) is 16.1 Å². The summed E-state index contributed by atoms with van der Waals surface area (Å²) >= 11 is 12.4. The molecule has 0 saturated heterocycles. The molecule has 5 atom stereocenters. The topological polar surface area (TPSA) is 38.0 Å². The van der Waals surface area contributed by atoms with Crippen LogP contribution in [-0.4, -0.2) is 6.04 Å². The lowest BCUT2D eigenvalue weighted by atomic mass is 9.93. The van der Waals surface area contributed by atoms with Crippen LogP contribution in [0.25, 0.3) is 0 Å². The monoisotopic (exact) mass is 310 g/mol. The Labute approximate surface area is 130 Å². The van der Waals surface area contributed by atoms with E-state index in [-0.39, 0.29) is 0 Å². The molecule has 1 aromatic rings. The summed E-state index contributed by atoms with van der Waals surface area (Å²) in [7, 11) is 0. The van der Waals surface area contributed by atoms with Gasteiger partial charge in [0.15, 0.2) is 0 Å². The number of hydrazine groups is 1. The molecule has 0 aromatic heterocycles. The summed E-state index contributed by atoms with van der Waals surface area (Å²) in [5.74, 6) is 10.4. The van der Waals surface area contributed by atoms with Gasteiger partial charge in [0.2, 0.25) is 0 Å². The van der Waals surface area contributed by atoms with Crippen LogP contribution in [0.5, 0.6) is 0 Å². The van der Waals surface area contributed by atoms with Gasteiger partial charge in [-0.3, -0.25) is 11.3 Å². The number of rotatable bonds is 4. The maximum absolute atomic E-state index is 6.29. The van der Waals surface area contributed by atoms with E-state index in [0.717, 1.165) is 51.6 Å². The van der Waals surface area contributed by atoms with Crippen LogP contribution in [0.2, 0.25) is 10.0 Å². The Balaban J connectivity index is 1.51. The Hall–Kier alpha value is -0.280. The van der Waals surface area contributed by atoms with Crippen LogP contribution in [0.4, 0.5) is 0 Å². The zero-order chi connectivity index (χ0) is 13.9. The molecule has 3 fully saturated rings. The molecule has 108 valence electrons. The molecule has 0 spiro atoms. The Morgan fingerprint density at radius 1 is 1.20 bits per heavy atom. The molecule has 3 saturated carbocycles. The molecule has 0 aliphatic heterocycles. The fourth-order valence-corrected chi connectivity index (χ4v) is 5.56. The van der Waals surface area contributed by atoms with Crippen LogP contribution in [0, 0.1) is 29.6 Å². The number of benzene rings is 1. The van der Waals surface area contributed by atoms with Crippen LogP contribution in [0.3, 0.4) is 0 Å². The molecule has 4 heteroatoms. The molecule has 5 unspecified atom stereocenters. The summed E-state index contributed by atoms with van der Waals surface area (Å²) in [5.41, 5.74) is 4.17. The quantitative estimate of drug-likeness (QED) is 0.658. The van der Waals surface area contributed by atoms with Crippen LogP contribution >= 0.6 is 23.2 Å². The molecule has 2 nitrogen and oxygen atoms in total. The Bertz CT molecular complexity index is 517. The number of hydrogen-bond donors (Lipinski definition) is 2. The third kappa shape index (κ3) is 2.00. The van der Waals surface area contributed by atoms with Crippen molar-refractivity contribution in [2.45, 2.75) is 31.7 Å². The van der Waals surface area contributed by atoms with E-state index in [1.54, 1.807) is 0 Å². The van der Waals surface area contributed by atoms with Crippen molar-refractivity contribution in [2.75, 3.05) is 0 Å². The fraction of sp³-hybridized carbons (Fsp3) is 0.625. The first kappa shape index (κ1) is 13.4. The van der Waals surface area contributed by atoms with Gasteiger partial charge in [-0.1, -0.05) is 23.2 Å². The van der Waals surface area contributed by atoms with Gasteiger partial charge in [0.25, 0.3) is 0 Å². The highest BCUT2D eigenvalue weighted by Gasteiger charge is 2.66. The summed E-state index contributed by atoms with van der Waals surface area (Å²) < 4.78 is 0. The predicted molar refractivity (Wildman–Crippen MR) is 82.6 cm³/mol. The van der Waals surface area contributed by atoms with E-state index in [1.807, 2.05) is 18.2 Å². The van der Waals surface area contributed by atoms with Crippen molar-refractivity contribution < 1.29 is 0 Å². The average Bonchev–Trinajstić information content (AvgIpc) is 2.87. The maximum atomic E-state index is 6.29. The maximum Gasteiger partial charge on any atom is 0.0439 e. The third-order valence-electron chi connectivity index (χ3n) is 5.92. The summed E-state index contributed by atoms with van der Waals surface area (Å²) in [6, 6.07) is 6.03. The zero-order valence-corrected chi connectivity index (χ0v) is 12.9. The number of nitrogens with one attached hydrogen (secondary N) is 1. The molecule has 0 amide bonds.